The summed E-state index contributed by atoms with van der Waals surface area (Å²) in [6.45, 7) is 3.55. The molecule has 2 atom stereocenters. The first-order valence-corrected chi connectivity index (χ1v) is 13.6. The lowest BCUT2D eigenvalue weighted by molar-refractivity contribution is -0.117. The summed E-state index contributed by atoms with van der Waals surface area (Å²) in [6.07, 6.45) is 7.44. The van der Waals surface area contributed by atoms with E-state index >= 15 is 0 Å². The van der Waals surface area contributed by atoms with Crippen LogP contribution in [0.1, 0.15) is 35.4 Å². The zero-order valence-electron chi connectivity index (χ0n) is 21.0. The zero-order chi connectivity index (χ0) is 27.1. The largest absolute Gasteiger partial charge is 0.365 e. The third-order valence-corrected chi connectivity index (χ3v) is 8.36. The molecule has 3 aromatic heterocycles. The Bertz CT molecular complexity index is 1620. The first-order chi connectivity index (χ1) is 19.0. The van der Waals surface area contributed by atoms with Gasteiger partial charge < -0.3 is 11.1 Å². The number of nitrogens with two attached hydrogens (primary N) is 1. The molecule has 39 heavy (non-hydrogen) atoms. The molecule has 0 radical (unpaired) electrons. The maximum atomic E-state index is 14.5. The number of pyridine rings is 2. The summed E-state index contributed by atoms with van der Waals surface area (Å²) in [5, 5.41) is 3.69. The molecular weight excluding hydrogens is 512 g/mol. The number of thiophene rings is 1. The number of amides is 4. The van der Waals surface area contributed by atoms with E-state index in [2.05, 4.69) is 21.9 Å². The minimum Gasteiger partial charge on any atom is -0.365 e. The summed E-state index contributed by atoms with van der Waals surface area (Å²) < 4.78 is 0. The number of carbonyl (C=O) groups is 3. The maximum absolute atomic E-state index is 14.5. The lowest BCUT2D eigenvalue weighted by atomic mass is 9.89. The van der Waals surface area contributed by atoms with Crippen LogP contribution in [0.2, 0.25) is 0 Å². The molecule has 9 nitrogen and oxygen atoms in total. The molecule has 196 valence electrons. The average molecular weight is 539 g/mol. The number of carbonyl (C=O) groups excluding carboxylic acids is 3. The highest BCUT2D eigenvalue weighted by Crippen LogP contribution is 2.50. The van der Waals surface area contributed by atoms with E-state index in [-0.39, 0.29) is 24.0 Å². The number of anilines is 3. The SMILES string of the molecule is C=CC(=O)N[C@@H]1CCC[C@H](N2C(=O)N(c3ccnc(-c4ccccc4)c3)c3ccnc4sc(C(N)=O)c2c34)C1. The number of rotatable bonds is 6. The summed E-state index contributed by atoms with van der Waals surface area (Å²) in [6, 6.07) is 14.6. The average Bonchev–Trinajstić information content (AvgIpc) is 3.35. The van der Waals surface area contributed by atoms with E-state index in [9.17, 15) is 14.4 Å². The van der Waals surface area contributed by atoms with Crippen LogP contribution in [-0.2, 0) is 4.79 Å². The van der Waals surface area contributed by atoms with Gasteiger partial charge in [-0.25, -0.2) is 9.78 Å². The molecule has 1 aliphatic carbocycles. The summed E-state index contributed by atoms with van der Waals surface area (Å²) in [4.78, 5) is 52.5. The van der Waals surface area contributed by atoms with Crippen molar-refractivity contribution in [3.8, 4) is 11.3 Å². The van der Waals surface area contributed by atoms with Crippen molar-refractivity contribution in [3.63, 3.8) is 0 Å². The Kier molecular flexibility index (Phi) is 6.32. The molecule has 0 saturated heterocycles. The van der Waals surface area contributed by atoms with Crippen LogP contribution in [-0.4, -0.2) is 39.9 Å². The van der Waals surface area contributed by atoms with Crippen molar-refractivity contribution in [1.29, 1.82) is 0 Å². The molecule has 1 saturated carbocycles. The van der Waals surface area contributed by atoms with E-state index in [4.69, 9.17) is 5.73 Å². The predicted molar refractivity (Wildman–Crippen MR) is 152 cm³/mol. The number of primary amides is 1. The van der Waals surface area contributed by atoms with Gasteiger partial charge in [-0.1, -0.05) is 36.9 Å². The highest BCUT2D eigenvalue weighted by molar-refractivity contribution is 7.21. The number of hydrogen-bond acceptors (Lipinski definition) is 6. The number of urea groups is 1. The number of hydrogen-bond donors (Lipinski definition) is 2. The number of aromatic nitrogens is 2. The molecule has 4 aromatic rings. The molecular formula is C29H26N6O3S. The van der Waals surface area contributed by atoms with Crippen molar-refractivity contribution in [3.05, 3.63) is 78.5 Å². The molecule has 1 fully saturated rings. The minimum atomic E-state index is -0.604. The smallest absolute Gasteiger partial charge is 0.333 e. The van der Waals surface area contributed by atoms with Crippen molar-refractivity contribution in [1.82, 2.24) is 15.3 Å². The first kappa shape index (κ1) is 24.7. The van der Waals surface area contributed by atoms with Crippen molar-refractivity contribution in [2.75, 3.05) is 9.80 Å². The molecule has 1 aromatic carbocycles. The normalized spacial score (nSPS) is 18.7. The van der Waals surface area contributed by atoms with Crippen molar-refractivity contribution in [2.24, 2.45) is 5.73 Å². The predicted octanol–water partition coefficient (Wildman–Crippen LogP) is 5.15. The van der Waals surface area contributed by atoms with E-state index in [0.717, 1.165) is 30.5 Å². The van der Waals surface area contributed by atoms with Gasteiger partial charge in [-0.05, 0) is 50.0 Å². The molecule has 10 heteroatoms. The molecule has 2 aliphatic rings. The zero-order valence-corrected chi connectivity index (χ0v) is 21.9. The van der Waals surface area contributed by atoms with Crippen LogP contribution in [0.5, 0.6) is 0 Å². The van der Waals surface area contributed by atoms with Crippen LogP contribution in [0, 0.1) is 0 Å². The van der Waals surface area contributed by atoms with Crippen molar-refractivity contribution >= 4 is 56.5 Å². The summed E-state index contributed by atoms with van der Waals surface area (Å²) in [7, 11) is 0. The topological polar surface area (TPSA) is 122 Å². The molecule has 3 N–H and O–H groups in total. The monoisotopic (exact) mass is 538 g/mol. The summed E-state index contributed by atoms with van der Waals surface area (Å²) in [5.74, 6) is -0.851. The van der Waals surface area contributed by atoms with Crippen LogP contribution >= 0.6 is 11.3 Å². The quantitative estimate of drug-likeness (QED) is 0.329. The Balaban J connectivity index is 1.50. The third-order valence-electron chi connectivity index (χ3n) is 7.26. The molecule has 6 rings (SSSR count). The van der Waals surface area contributed by atoms with Gasteiger partial charge >= 0.3 is 6.03 Å². The molecule has 1 aliphatic heterocycles. The summed E-state index contributed by atoms with van der Waals surface area (Å²) in [5.41, 5.74) is 9.28. The van der Waals surface area contributed by atoms with Gasteiger partial charge in [0.05, 0.1) is 28.1 Å². The highest BCUT2D eigenvalue weighted by Gasteiger charge is 2.42. The lowest BCUT2D eigenvalue weighted by Gasteiger charge is -2.42. The van der Waals surface area contributed by atoms with Crippen molar-refractivity contribution < 1.29 is 14.4 Å². The van der Waals surface area contributed by atoms with Gasteiger partial charge in [-0.15, -0.1) is 11.3 Å². The summed E-state index contributed by atoms with van der Waals surface area (Å²) >= 11 is 1.19. The van der Waals surface area contributed by atoms with E-state index in [0.29, 0.717) is 38.6 Å². The van der Waals surface area contributed by atoms with Crippen LogP contribution in [0.15, 0.2) is 73.6 Å². The molecule has 4 heterocycles. The van der Waals surface area contributed by atoms with Gasteiger partial charge in [0.1, 0.15) is 9.71 Å². The molecule has 0 bridgehead atoms. The molecule has 0 unspecified atom stereocenters. The Morgan fingerprint density at radius 1 is 1.10 bits per heavy atom. The van der Waals surface area contributed by atoms with Crippen molar-refractivity contribution in [2.45, 2.75) is 37.8 Å². The number of nitrogens with one attached hydrogen (secondary N) is 1. The van der Waals surface area contributed by atoms with E-state index < -0.39 is 5.91 Å². The van der Waals surface area contributed by atoms with Crippen LogP contribution in [0.4, 0.5) is 21.9 Å². The fourth-order valence-electron chi connectivity index (χ4n) is 5.58. The van der Waals surface area contributed by atoms with E-state index in [1.165, 1.54) is 17.4 Å². The molecule has 0 spiro atoms. The second kappa shape index (κ2) is 9.95. The Labute approximate surface area is 229 Å². The standard InChI is InChI=1S/C29H26N6O3S/c1-2-23(36)33-18-9-6-10-19(15-18)35-25-24-22(12-14-32-28(24)39-26(25)27(30)37)34(29(35)38)20-11-13-31-21(16-20)17-7-4-3-5-8-17/h2-5,7-8,11-14,16,18-19H,1,6,9-10,15H2,(H2,30,37)(H,33,36)/t18-,19+/m1/s1. The van der Waals surface area contributed by atoms with Gasteiger partial charge in [-0.3, -0.25) is 24.4 Å². The Morgan fingerprint density at radius 3 is 2.67 bits per heavy atom. The molecule has 4 amide bonds. The Hall–Kier alpha value is -4.57. The number of nitrogens with zero attached hydrogens (tertiary/aromatic N) is 4. The van der Waals surface area contributed by atoms with E-state index in [1.807, 2.05) is 36.4 Å². The Morgan fingerprint density at radius 2 is 1.90 bits per heavy atom. The lowest BCUT2D eigenvalue weighted by Crippen LogP contribution is -2.53. The van der Waals surface area contributed by atoms with Gasteiger partial charge in [0.2, 0.25) is 5.91 Å². The minimum absolute atomic E-state index is 0.123. The van der Waals surface area contributed by atoms with Crippen LogP contribution in [0.3, 0.4) is 0 Å². The van der Waals surface area contributed by atoms with Crippen LogP contribution < -0.4 is 20.9 Å². The fourth-order valence-corrected chi connectivity index (χ4v) is 6.59. The van der Waals surface area contributed by atoms with E-state index in [1.54, 1.807) is 34.3 Å². The van der Waals surface area contributed by atoms with Gasteiger partial charge in [-0.2, -0.15) is 0 Å². The first-order valence-electron chi connectivity index (χ1n) is 12.7. The fraction of sp³-hybridized carbons (Fsp3) is 0.207. The third kappa shape index (κ3) is 4.32. The van der Waals surface area contributed by atoms with Gasteiger partial charge in [0.15, 0.2) is 0 Å². The number of benzene rings is 1. The highest BCUT2D eigenvalue weighted by atomic mass is 32.1. The second-order valence-corrected chi connectivity index (χ2v) is 10.6. The maximum Gasteiger partial charge on any atom is 0.333 e. The second-order valence-electron chi connectivity index (χ2n) is 9.64. The van der Waals surface area contributed by atoms with Gasteiger partial charge in [0.25, 0.3) is 5.91 Å². The van der Waals surface area contributed by atoms with Gasteiger partial charge in [0, 0.05) is 30.0 Å². The van der Waals surface area contributed by atoms with Crippen LogP contribution in [0.25, 0.3) is 21.5 Å².